The zero-order chi connectivity index (χ0) is 14.5. The molecule has 0 saturated heterocycles. The molecule has 0 saturated carbocycles. The summed E-state index contributed by atoms with van der Waals surface area (Å²) in [5, 5.41) is 13.4. The summed E-state index contributed by atoms with van der Waals surface area (Å²) < 4.78 is 10.6. The molecule has 0 spiro atoms. The standard InChI is InChI=1S/C16H18N2O3/c19-14(10-17-8-6-13-3-1-2-7-18-13)12-4-5-15-16(9-12)21-11-20-15/h1-5,7,9,14,17,19H,6,8,10-11H2. The van der Waals surface area contributed by atoms with E-state index in [1.165, 1.54) is 0 Å². The second-order valence-electron chi connectivity index (χ2n) is 4.90. The first-order valence-corrected chi connectivity index (χ1v) is 7.01. The third-order valence-electron chi connectivity index (χ3n) is 3.40. The fourth-order valence-corrected chi connectivity index (χ4v) is 2.24. The van der Waals surface area contributed by atoms with Crippen LogP contribution in [0.2, 0.25) is 0 Å². The number of hydrogen-bond donors (Lipinski definition) is 2. The maximum Gasteiger partial charge on any atom is 0.231 e. The van der Waals surface area contributed by atoms with E-state index < -0.39 is 6.10 Å². The van der Waals surface area contributed by atoms with Crippen molar-refractivity contribution in [2.24, 2.45) is 0 Å². The van der Waals surface area contributed by atoms with E-state index >= 15 is 0 Å². The molecule has 2 N–H and O–H groups in total. The first-order valence-electron chi connectivity index (χ1n) is 7.01. The summed E-state index contributed by atoms with van der Waals surface area (Å²) in [7, 11) is 0. The van der Waals surface area contributed by atoms with E-state index in [0.29, 0.717) is 12.3 Å². The van der Waals surface area contributed by atoms with Gasteiger partial charge in [0, 0.05) is 31.4 Å². The van der Waals surface area contributed by atoms with Crippen molar-refractivity contribution in [1.29, 1.82) is 0 Å². The van der Waals surface area contributed by atoms with Gasteiger partial charge < -0.3 is 19.9 Å². The van der Waals surface area contributed by atoms with Crippen LogP contribution < -0.4 is 14.8 Å². The van der Waals surface area contributed by atoms with Gasteiger partial charge >= 0.3 is 0 Å². The van der Waals surface area contributed by atoms with Crippen LogP contribution in [0.4, 0.5) is 0 Å². The summed E-state index contributed by atoms with van der Waals surface area (Å²) in [4.78, 5) is 4.26. The average Bonchev–Trinajstić information content (AvgIpc) is 3.00. The lowest BCUT2D eigenvalue weighted by Crippen LogP contribution is -2.24. The summed E-state index contributed by atoms with van der Waals surface area (Å²) in [6, 6.07) is 11.4. The minimum atomic E-state index is -0.566. The van der Waals surface area contributed by atoms with Gasteiger partial charge in [-0.3, -0.25) is 4.98 Å². The predicted octanol–water partition coefficient (Wildman–Crippen LogP) is 1.68. The van der Waals surface area contributed by atoms with Gasteiger partial charge in [-0.25, -0.2) is 0 Å². The molecular weight excluding hydrogens is 268 g/mol. The van der Waals surface area contributed by atoms with E-state index in [1.54, 1.807) is 6.20 Å². The van der Waals surface area contributed by atoms with Crippen LogP contribution in [0.15, 0.2) is 42.6 Å². The second-order valence-corrected chi connectivity index (χ2v) is 4.90. The number of hydrogen-bond acceptors (Lipinski definition) is 5. The van der Waals surface area contributed by atoms with Crippen LogP contribution in [0.3, 0.4) is 0 Å². The van der Waals surface area contributed by atoms with Crippen LogP contribution >= 0.6 is 0 Å². The topological polar surface area (TPSA) is 63.6 Å². The monoisotopic (exact) mass is 286 g/mol. The number of ether oxygens (including phenoxy) is 2. The zero-order valence-electron chi connectivity index (χ0n) is 11.7. The Labute approximate surface area is 123 Å². The molecule has 5 heteroatoms. The van der Waals surface area contributed by atoms with Crippen molar-refractivity contribution in [1.82, 2.24) is 10.3 Å². The van der Waals surface area contributed by atoms with Crippen molar-refractivity contribution in [3.63, 3.8) is 0 Å². The summed E-state index contributed by atoms with van der Waals surface area (Å²) in [6.45, 7) is 1.52. The van der Waals surface area contributed by atoms with Crippen LogP contribution in [0.1, 0.15) is 17.4 Å². The number of nitrogens with zero attached hydrogens (tertiary/aromatic N) is 1. The lowest BCUT2D eigenvalue weighted by molar-refractivity contribution is 0.170. The van der Waals surface area contributed by atoms with Crippen molar-refractivity contribution < 1.29 is 14.6 Å². The van der Waals surface area contributed by atoms with E-state index in [4.69, 9.17) is 9.47 Å². The molecule has 5 nitrogen and oxygen atoms in total. The lowest BCUT2D eigenvalue weighted by Gasteiger charge is -2.12. The summed E-state index contributed by atoms with van der Waals surface area (Å²) >= 11 is 0. The normalized spacial score (nSPS) is 14.1. The third-order valence-corrected chi connectivity index (χ3v) is 3.40. The van der Waals surface area contributed by atoms with Crippen molar-refractivity contribution in [3.05, 3.63) is 53.9 Å². The molecule has 1 aromatic heterocycles. The number of rotatable bonds is 6. The Kier molecular flexibility index (Phi) is 4.33. The lowest BCUT2D eigenvalue weighted by atomic mass is 10.1. The first kappa shape index (κ1) is 13.9. The van der Waals surface area contributed by atoms with E-state index in [2.05, 4.69) is 10.3 Å². The fraction of sp³-hybridized carbons (Fsp3) is 0.312. The van der Waals surface area contributed by atoms with Gasteiger partial charge in [-0.05, 0) is 29.8 Å². The Morgan fingerprint density at radius 3 is 2.95 bits per heavy atom. The molecule has 2 heterocycles. The van der Waals surface area contributed by atoms with Gasteiger partial charge in [-0.2, -0.15) is 0 Å². The quantitative estimate of drug-likeness (QED) is 0.791. The Morgan fingerprint density at radius 1 is 1.19 bits per heavy atom. The second kappa shape index (κ2) is 6.56. The van der Waals surface area contributed by atoms with E-state index in [1.807, 2.05) is 36.4 Å². The van der Waals surface area contributed by atoms with Crippen molar-refractivity contribution in [2.45, 2.75) is 12.5 Å². The molecule has 1 aromatic carbocycles. The average molecular weight is 286 g/mol. The Morgan fingerprint density at radius 2 is 2.10 bits per heavy atom. The maximum absolute atomic E-state index is 10.2. The van der Waals surface area contributed by atoms with Crippen LogP contribution in [0.25, 0.3) is 0 Å². The molecule has 0 fully saturated rings. The van der Waals surface area contributed by atoms with E-state index in [9.17, 15) is 5.11 Å². The predicted molar refractivity (Wildman–Crippen MR) is 78.3 cm³/mol. The van der Waals surface area contributed by atoms with Crippen LogP contribution in [0, 0.1) is 0 Å². The molecule has 21 heavy (non-hydrogen) atoms. The minimum Gasteiger partial charge on any atom is -0.454 e. The summed E-state index contributed by atoms with van der Waals surface area (Å²) in [5.74, 6) is 1.43. The molecule has 0 bridgehead atoms. The Hall–Kier alpha value is -2.11. The molecule has 3 rings (SSSR count). The van der Waals surface area contributed by atoms with Gasteiger partial charge in [0.25, 0.3) is 0 Å². The fourth-order valence-electron chi connectivity index (χ4n) is 2.24. The molecule has 1 atom stereocenters. The Balaban J connectivity index is 1.47. The largest absolute Gasteiger partial charge is 0.454 e. The maximum atomic E-state index is 10.2. The van der Waals surface area contributed by atoms with Gasteiger partial charge in [0.2, 0.25) is 6.79 Å². The molecule has 110 valence electrons. The Bertz CT molecular complexity index is 589. The highest BCUT2D eigenvalue weighted by Crippen LogP contribution is 2.33. The highest BCUT2D eigenvalue weighted by Gasteiger charge is 2.16. The smallest absolute Gasteiger partial charge is 0.231 e. The van der Waals surface area contributed by atoms with Crippen LogP contribution in [0.5, 0.6) is 11.5 Å². The number of aliphatic hydroxyl groups is 1. The molecule has 1 aliphatic heterocycles. The minimum absolute atomic E-state index is 0.247. The van der Waals surface area contributed by atoms with Crippen LogP contribution in [-0.2, 0) is 6.42 Å². The van der Waals surface area contributed by atoms with Crippen molar-refractivity contribution >= 4 is 0 Å². The molecular formula is C16H18N2O3. The number of pyridine rings is 1. The molecule has 1 unspecified atom stereocenters. The highest BCUT2D eigenvalue weighted by molar-refractivity contribution is 5.45. The number of benzene rings is 1. The molecule has 2 aromatic rings. The van der Waals surface area contributed by atoms with Gasteiger partial charge in [-0.15, -0.1) is 0 Å². The first-order chi connectivity index (χ1) is 10.3. The van der Waals surface area contributed by atoms with Crippen molar-refractivity contribution in [3.8, 4) is 11.5 Å². The molecule has 0 radical (unpaired) electrons. The summed E-state index contributed by atoms with van der Waals surface area (Å²) in [5.41, 5.74) is 1.87. The van der Waals surface area contributed by atoms with Crippen molar-refractivity contribution in [2.75, 3.05) is 19.9 Å². The van der Waals surface area contributed by atoms with Gasteiger partial charge in [0.05, 0.1) is 6.10 Å². The van der Waals surface area contributed by atoms with Gasteiger partial charge in [-0.1, -0.05) is 12.1 Å². The summed E-state index contributed by atoms with van der Waals surface area (Å²) in [6.07, 6.45) is 2.06. The number of aromatic nitrogens is 1. The molecule has 0 aliphatic carbocycles. The number of nitrogens with one attached hydrogen (secondary N) is 1. The van der Waals surface area contributed by atoms with E-state index in [0.717, 1.165) is 30.0 Å². The SMILES string of the molecule is OC(CNCCc1ccccn1)c1ccc2c(c1)OCO2. The van der Waals surface area contributed by atoms with Gasteiger partial charge in [0.1, 0.15) is 0 Å². The number of fused-ring (bicyclic) bond motifs is 1. The molecule has 1 aliphatic rings. The van der Waals surface area contributed by atoms with Gasteiger partial charge in [0.15, 0.2) is 11.5 Å². The number of aliphatic hydroxyl groups excluding tert-OH is 1. The molecule has 0 amide bonds. The highest BCUT2D eigenvalue weighted by atomic mass is 16.7. The zero-order valence-corrected chi connectivity index (χ0v) is 11.7. The van der Waals surface area contributed by atoms with E-state index in [-0.39, 0.29) is 6.79 Å². The third kappa shape index (κ3) is 3.51. The van der Waals surface area contributed by atoms with Crippen LogP contribution in [-0.4, -0.2) is 30.0 Å².